The number of ether oxygens (including phenoxy) is 1. The minimum atomic E-state index is 0.536. The van der Waals surface area contributed by atoms with Gasteiger partial charge in [-0.3, -0.25) is 0 Å². The van der Waals surface area contributed by atoms with Crippen molar-refractivity contribution >= 4 is 34.6 Å². The number of rotatable bonds is 4. The van der Waals surface area contributed by atoms with Crippen molar-refractivity contribution in [3.63, 3.8) is 0 Å². The molecule has 0 aliphatic carbocycles. The van der Waals surface area contributed by atoms with E-state index in [0.717, 1.165) is 37.7 Å². The van der Waals surface area contributed by atoms with E-state index >= 15 is 0 Å². The van der Waals surface area contributed by atoms with Crippen LogP contribution in [0.25, 0.3) is 0 Å². The van der Waals surface area contributed by atoms with Crippen LogP contribution in [0.4, 0.5) is 23.0 Å². The molecule has 0 spiro atoms. The van der Waals surface area contributed by atoms with Gasteiger partial charge in [-0.25, -0.2) is 9.97 Å². The van der Waals surface area contributed by atoms with Crippen LogP contribution >= 0.6 is 11.6 Å². The third-order valence-electron chi connectivity index (χ3n) is 4.36. The van der Waals surface area contributed by atoms with Crippen LogP contribution < -0.4 is 20.7 Å². The maximum Gasteiger partial charge on any atom is 0.159 e. The van der Waals surface area contributed by atoms with Crippen LogP contribution in [-0.2, 0) is 0 Å². The van der Waals surface area contributed by atoms with Crippen molar-refractivity contribution in [1.82, 2.24) is 9.97 Å². The zero-order chi connectivity index (χ0) is 17.1. The molecule has 1 aliphatic rings. The number of aromatic nitrogens is 2. The second-order valence-electron chi connectivity index (χ2n) is 6.10. The number of nitrogens with zero attached hydrogens (tertiary/aromatic N) is 3. The molecule has 1 saturated heterocycles. The van der Waals surface area contributed by atoms with Crippen molar-refractivity contribution in [3.05, 3.63) is 29.5 Å². The Morgan fingerprint density at radius 3 is 2.75 bits per heavy atom. The number of hydrogen-bond donors (Lipinski definition) is 2. The lowest BCUT2D eigenvalue weighted by Gasteiger charge is -2.32. The highest BCUT2D eigenvalue weighted by molar-refractivity contribution is 6.31. The van der Waals surface area contributed by atoms with Gasteiger partial charge in [0.1, 0.15) is 17.8 Å². The average Bonchev–Trinajstić information content (AvgIpc) is 2.58. The highest BCUT2D eigenvalue weighted by Crippen LogP contribution is 2.34. The number of nitrogen functional groups attached to an aromatic ring is 1. The Labute approximate surface area is 147 Å². The average molecular weight is 348 g/mol. The minimum absolute atomic E-state index is 0.536. The Hall–Kier alpha value is -2.21. The van der Waals surface area contributed by atoms with Gasteiger partial charge in [-0.15, -0.1) is 0 Å². The summed E-state index contributed by atoms with van der Waals surface area (Å²) in [5, 5.41) is 3.82. The van der Waals surface area contributed by atoms with Crippen molar-refractivity contribution in [3.8, 4) is 5.75 Å². The number of nitrogens with one attached hydrogen (secondary N) is 1. The van der Waals surface area contributed by atoms with E-state index in [0.29, 0.717) is 28.0 Å². The van der Waals surface area contributed by atoms with E-state index < -0.39 is 0 Å². The molecule has 7 heteroatoms. The lowest BCUT2D eigenvalue weighted by molar-refractivity contribution is 0.417. The number of anilines is 4. The summed E-state index contributed by atoms with van der Waals surface area (Å²) >= 11 is 6.08. The topological polar surface area (TPSA) is 76.3 Å². The fraction of sp³-hybridized carbons (Fsp3) is 0.412. The second kappa shape index (κ2) is 7.13. The maximum atomic E-state index is 6.32. The summed E-state index contributed by atoms with van der Waals surface area (Å²) in [5.41, 5.74) is 7.58. The van der Waals surface area contributed by atoms with E-state index in [1.54, 1.807) is 25.3 Å². The van der Waals surface area contributed by atoms with E-state index in [4.69, 9.17) is 22.1 Å². The van der Waals surface area contributed by atoms with Gasteiger partial charge in [0.05, 0.1) is 12.8 Å². The summed E-state index contributed by atoms with van der Waals surface area (Å²) in [6, 6.07) is 5.36. The highest BCUT2D eigenvalue weighted by atomic mass is 35.5. The fourth-order valence-electron chi connectivity index (χ4n) is 2.86. The van der Waals surface area contributed by atoms with Crippen LogP contribution in [0.15, 0.2) is 24.5 Å². The summed E-state index contributed by atoms with van der Waals surface area (Å²) in [5.74, 6) is 2.75. The molecule has 0 atom stereocenters. The van der Waals surface area contributed by atoms with Gasteiger partial charge in [0, 0.05) is 18.1 Å². The Morgan fingerprint density at radius 2 is 2.04 bits per heavy atom. The van der Waals surface area contributed by atoms with Gasteiger partial charge in [-0.05, 0) is 37.0 Å². The highest BCUT2D eigenvalue weighted by Gasteiger charge is 2.21. The molecule has 1 fully saturated rings. The van der Waals surface area contributed by atoms with Gasteiger partial charge in [0.25, 0.3) is 0 Å². The molecule has 2 heterocycles. The smallest absolute Gasteiger partial charge is 0.159 e. The quantitative estimate of drug-likeness (QED) is 0.878. The zero-order valence-corrected chi connectivity index (χ0v) is 14.7. The Morgan fingerprint density at radius 1 is 1.29 bits per heavy atom. The molecule has 6 nitrogen and oxygen atoms in total. The van der Waals surface area contributed by atoms with Crippen LogP contribution in [0, 0.1) is 5.92 Å². The van der Waals surface area contributed by atoms with E-state index in [9.17, 15) is 0 Å². The lowest BCUT2D eigenvalue weighted by atomic mass is 9.99. The second-order valence-corrected chi connectivity index (χ2v) is 6.54. The Kier molecular flexibility index (Phi) is 4.94. The molecule has 0 radical (unpaired) electrons. The van der Waals surface area contributed by atoms with Gasteiger partial charge in [0.2, 0.25) is 0 Å². The van der Waals surface area contributed by atoms with Crippen LogP contribution in [0.5, 0.6) is 5.75 Å². The lowest BCUT2D eigenvalue weighted by Crippen LogP contribution is -2.34. The molecule has 3 rings (SSSR count). The van der Waals surface area contributed by atoms with Gasteiger partial charge in [0.15, 0.2) is 11.6 Å². The fourth-order valence-corrected chi connectivity index (χ4v) is 3.04. The number of nitrogens with two attached hydrogens (primary N) is 1. The molecule has 3 N–H and O–H groups in total. The van der Waals surface area contributed by atoms with Crippen molar-refractivity contribution in [2.24, 2.45) is 5.92 Å². The first-order valence-corrected chi connectivity index (χ1v) is 8.42. The van der Waals surface area contributed by atoms with Gasteiger partial charge >= 0.3 is 0 Å². The molecule has 1 aromatic carbocycles. The molecular weight excluding hydrogens is 326 g/mol. The Bertz CT molecular complexity index is 716. The predicted molar refractivity (Wildman–Crippen MR) is 98.3 cm³/mol. The van der Waals surface area contributed by atoms with Gasteiger partial charge in [-0.2, -0.15) is 0 Å². The molecular formula is C17H22ClN5O. The number of piperidine rings is 1. The molecule has 0 bridgehead atoms. The SMILES string of the molecule is COc1ccc(Cl)cc1Nc1ncnc(N2CCC(C)CC2)c1N. The standard InChI is InChI=1S/C17H22ClN5O/c1-11-5-7-23(8-6-11)17-15(19)16(20-10-21-17)22-13-9-12(18)3-4-14(13)24-2/h3-4,9-11H,5-8,19H2,1-2H3,(H,20,21,22). The minimum Gasteiger partial charge on any atom is -0.495 e. The number of methoxy groups -OCH3 is 1. The van der Waals surface area contributed by atoms with E-state index in [2.05, 4.69) is 27.1 Å². The van der Waals surface area contributed by atoms with E-state index in [-0.39, 0.29) is 0 Å². The summed E-state index contributed by atoms with van der Waals surface area (Å²) < 4.78 is 5.35. The third kappa shape index (κ3) is 3.48. The number of halogens is 1. The normalized spacial score (nSPS) is 15.4. The zero-order valence-electron chi connectivity index (χ0n) is 13.9. The summed E-state index contributed by atoms with van der Waals surface area (Å²) in [7, 11) is 1.61. The molecule has 24 heavy (non-hydrogen) atoms. The van der Waals surface area contributed by atoms with Gasteiger partial charge < -0.3 is 20.7 Å². The molecule has 1 aromatic heterocycles. The summed E-state index contributed by atoms with van der Waals surface area (Å²) in [6.07, 6.45) is 3.83. The molecule has 0 saturated carbocycles. The first-order valence-electron chi connectivity index (χ1n) is 8.04. The first kappa shape index (κ1) is 16.6. The molecule has 0 amide bonds. The molecule has 0 unspecified atom stereocenters. The van der Waals surface area contributed by atoms with Crippen LogP contribution in [0.3, 0.4) is 0 Å². The predicted octanol–water partition coefficient (Wildman–Crippen LogP) is 3.70. The monoisotopic (exact) mass is 347 g/mol. The van der Waals surface area contributed by atoms with Crippen LogP contribution in [-0.4, -0.2) is 30.2 Å². The largest absolute Gasteiger partial charge is 0.495 e. The van der Waals surface area contributed by atoms with Crippen molar-refractivity contribution in [2.75, 3.05) is 36.1 Å². The molecule has 2 aromatic rings. The van der Waals surface area contributed by atoms with E-state index in [1.807, 2.05) is 0 Å². The number of benzene rings is 1. The summed E-state index contributed by atoms with van der Waals surface area (Å²) in [4.78, 5) is 10.9. The molecule has 128 valence electrons. The molecule has 1 aliphatic heterocycles. The Balaban J connectivity index is 1.87. The van der Waals surface area contributed by atoms with Crippen molar-refractivity contribution in [2.45, 2.75) is 19.8 Å². The van der Waals surface area contributed by atoms with Crippen LogP contribution in [0.1, 0.15) is 19.8 Å². The third-order valence-corrected chi connectivity index (χ3v) is 4.60. The van der Waals surface area contributed by atoms with Crippen molar-refractivity contribution in [1.29, 1.82) is 0 Å². The maximum absolute atomic E-state index is 6.32. The summed E-state index contributed by atoms with van der Waals surface area (Å²) in [6.45, 7) is 4.20. The van der Waals surface area contributed by atoms with Crippen molar-refractivity contribution < 1.29 is 4.74 Å². The van der Waals surface area contributed by atoms with Crippen LogP contribution in [0.2, 0.25) is 5.02 Å². The van der Waals surface area contributed by atoms with E-state index in [1.165, 1.54) is 6.33 Å². The number of hydrogen-bond acceptors (Lipinski definition) is 6. The first-order chi connectivity index (χ1) is 11.6. The van der Waals surface area contributed by atoms with Gasteiger partial charge in [-0.1, -0.05) is 18.5 Å².